The van der Waals surface area contributed by atoms with Gasteiger partial charge in [0.25, 0.3) is 0 Å². The maximum Gasteiger partial charge on any atom is 0.311 e. The molecule has 2 heterocycles. The second-order valence-corrected chi connectivity index (χ2v) is 6.67. The van der Waals surface area contributed by atoms with Crippen LogP contribution in [0.2, 0.25) is 0 Å². The molecule has 1 N–H and O–H groups in total. The number of carboxylic acid groups (broad SMARTS) is 1. The van der Waals surface area contributed by atoms with Crippen LogP contribution < -0.4 is 0 Å². The third-order valence-corrected chi connectivity index (χ3v) is 5.38. The number of thiophene rings is 1. The minimum absolute atomic E-state index is 0.0346. The van der Waals surface area contributed by atoms with Crippen molar-refractivity contribution in [2.24, 2.45) is 5.92 Å². The molecule has 7 heteroatoms. The molecule has 1 aromatic rings. The van der Waals surface area contributed by atoms with E-state index >= 15 is 0 Å². The van der Waals surface area contributed by atoms with Crippen molar-refractivity contribution in [3.8, 4) is 0 Å². The van der Waals surface area contributed by atoms with Crippen LogP contribution in [0.3, 0.4) is 0 Å². The van der Waals surface area contributed by atoms with Gasteiger partial charge >= 0.3 is 5.97 Å². The molecular formula is C13H17NO4S2. The summed E-state index contributed by atoms with van der Waals surface area (Å²) in [5, 5.41) is 11.1. The Bertz CT molecular complexity index is 463. The van der Waals surface area contributed by atoms with Gasteiger partial charge in [0.15, 0.2) is 0 Å². The molecule has 0 radical (unpaired) electrons. The fraction of sp³-hybridized carbons (Fsp3) is 0.538. The number of amides is 1. The average Bonchev–Trinajstić information content (AvgIpc) is 3.08. The largest absolute Gasteiger partial charge is 0.481 e. The van der Waals surface area contributed by atoms with Gasteiger partial charge in [0.1, 0.15) is 5.92 Å². The van der Waals surface area contributed by atoms with E-state index in [2.05, 4.69) is 0 Å². The van der Waals surface area contributed by atoms with Crippen LogP contribution >= 0.6 is 23.1 Å². The number of carbonyl (C=O) groups is 2. The van der Waals surface area contributed by atoms with Gasteiger partial charge in [-0.25, -0.2) is 0 Å². The van der Waals surface area contributed by atoms with Gasteiger partial charge in [-0.15, -0.1) is 23.1 Å². The molecule has 0 saturated carbocycles. The zero-order valence-corrected chi connectivity index (χ0v) is 12.8. The third kappa shape index (κ3) is 3.53. The second kappa shape index (κ2) is 7.10. The number of rotatable bonds is 6. The molecule has 1 fully saturated rings. The van der Waals surface area contributed by atoms with Crippen LogP contribution in [0.5, 0.6) is 0 Å². The lowest BCUT2D eigenvalue weighted by molar-refractivity contribution is -0.144. The van der Waals surface area contributed by atoms with Gasteiger partial charge in [0.05, 0.1) is 29.2 Å². The van der Waals surface area contributed by atoms with Gasteiger partial charge in [-0.2, -0.15) is 0 Å². The van der Waals surface area contributed by atoms with E-state index in [1.165, 1.54) is 11.8 Å². The summed E-state index contributed by atoms with van der Waals surface area (Å²) in [5.74, 6) is -1.22. The van der Waals surface area contributed by atoms with E-state index < -0.39 is 11.9 Å². The summed E-state index contributed by atoms with van der Waals surface area (Å²) in [6, 6.07) is 3.56. The van der Waals surface area contributed by atoms with Crippen LogP contribution in [0, 0.1) is 5.92 Å². The van der Waals surface area contributed by atoms with E-state index in [0.717, 1.165) is 4.21 Å². The Labute approximate surface area is 125 Å². The number of carbonyl (C=O) groups excluding carboxylic acids is 1. The van der Waals surface area contributed by atoms with Crippen molar-refractivity contribution in [2.45, 2.75) is 17.2 Å². The van der Waals surface area contributed by atoms with Crippen molar-refractivity contribution in [3.63, 3.8) is 0 Å². The van der Waals surface area contributed by atoms with Crippen LogP contribution in [-0.4, -0.2) is 53.4 Å². The van der Waals surface area contributed by atoms with Crippen LogP contribution in [0.25, 0.3) is 0 Å². The Kier molecular flexibility index (Phi) is 5.45. The lowest BCUT2D eigenvalue weighted by atomic mass is 10.0. The Morgan fingerprint density at radius 3 is 2.95 bits per heavy atom. The van der Waals surface area contributed by atoms with E-state index in [4.69, 9.17) is 9.84 Å². The van der Waals surface area contributed by atoms with Crippen molar-refractivity contribution < 1.29 is 19.4 Å². The van der Waals surface area contributed by atoms with E-state index in [9.17, 15) is 9.59 Å². The van der Waals surface area contributed by atoms with Crippen LogP contribution in [0.1, 0.15) is 6.92 Å². The van der Waals surface area contributed by atoms with Gasteiger partial charge in [0, 0.05) is 6.54 Å². The molecule has 1 aliphatic heterocycles. The van der Waals surface area contributed by atoms with Gasteiger partial charge in [-0.1, -0.05) is 6.07 Å². The molecule has 1 aliphatic rings. The van der Waals surface area contributed by atoms with E-state index in [1.807, 2.05) is 24.4 Å². The van der Waals surface area contributed by atoms with Crippen molar-refractivity contribution in [1.29, 1.82) is 0 Å². The smallest absolute Gasteiger partial charge is 0.311 e. The van der Waals surface area contributed by atoms with E-state index in [1.54, 1.807) is 16.2 Å². The summed E-state index contributed by atoms with van der Waals surface area (Å²) in [4.78, 5) is 25.1. The van der Waals surface area contributed by atoms with E-state index in [0.29, 0.717) is 18.9 Å². The molecule has 1 aromatic heterocycles. The molecule has 20 heavy (non-hydrogen) atoms. The zero-order valence-electron chi connectivity index (χ0n) is 11.2. The second-order valence-electron chi connectivity index (χ2n) is 4.45. The summed E-state index contributed by atoms with van der Waals surface area (Å²) < 4.78 is 6.32. The molecule has 0 bridgehead atoms. The molecule has 5 nitrogen and oxygen atoms in total. The first-order chi connectivity index (χ1) is 9.63. The quantitative estimate of drug-likeness (QED) is 0.811. The fourth-order valence-corrected chi connectivity index (χ4v) is 3.91. The SMILES string of the molecule is CCN(C(=O)CSc1cccs1)C1COCC1C(=O)O. The summed E-state index contributed by atoms with van der Waals surface area (Å²) in [6.07, 6.45) is 0. The number of carboxylic acids is 1. The van der Waals surface area contributed by atoms with Gasteiger partial charge in [-0.3, -0.25) is 9.59 Å². The van der Waals surface area contributed by atoms with E-state index in [-0.39, 0.29) is 18.6 Å². The highest BCUT2D eigenvalue weighted by atomic mass is 32.2. The maximum absolute atomic E-state index is 12.3. The summed E-state index contributed by atoms with van der Waals surface area (Å²) in [7, 11) is 0. The molecule has 2 rings (SSSR count). The number of ether oxygens (including phenoxy) is 1. The highest BCUT2D eigenvalue weighted by molar-refractivity contribution is 8.01. The molecule has 1 saturated heterocycles. The average molecular weight is 315 g/mol. The third-order valence-electron chi connectivity index (χ3n) is 3.26. The summed E-state index contributed by atoms with van der Waals surface area (Å²) >= 11 is 3.08. The fourth-order valence-electron chi connectivity index (χ4n) is 2.24. The van der Waals surface area contributed by atoms with Crippen molar-refractivity contribution >= 4 is 35.0 Å². The number of hydrogen-bond acceptors (Lipinski definition) is 5. The summed E-state index contributed by atoms with van der Waals surface area (Å²) in [6.45, 7) is 2.86. The Balaban J connectivity index is 1.96. The highest BCUT2D eigenvalue weighted by Gasteiger charge is 2.39. The van der Waals surface area contributed by atoms with Gasteiger partial charge < -0.3 is 14.7 Å². The first-order valence-electron chi connectivity index (χ1n) is 6.39. The van der Waals surface area contributed by atoms with Crippen LogP contribution in [-0.2, 0) is 14.3 Å². The standard InChI is InChI=1S/C13H17NO4S2/c1-2-14(10-7-18-6-9(10)13(16)17)11(15)8-20-12-4-3-5-19-12/h3-5,9-10H,2,6-8H2,1H3,(H,16,17). The lowest BCUT2D eigenvalue weighted by Crippen LogP contribution is -2.47. The monoisotopic (exact) mass is 315 g/mol. The number of likely N-dealkylation sites (N-methyl/N-ethyl adjacent to an activating group) is 1. The number of nitrogens with zero attached hydrogens (tertiary/aromatic N) is 1. The Morgan fingerprint density at radius 1 is 1.55 bits per heavy atom. The number of hydrogen-bond donors (Lipinski definition) is 1. The maximum atomic E-state index is 12.3. The minimum Gasteiger partial charge on any atom is -0.481 e. The Hall–Kier alpha value is -1.05. The predicted octanol–water partition coefficient (Wildman–Crippen LogP) is 1.79. The molecule has 2 unspecified atom stereocenters. The highest BCUT2D eigenvalue weighted by Crippen LogP contribution is 2.25. The van der Waals surface area contributed by atoms with Crippen molar-refractivity contribution in [2.75, 3.05) is 25.5 Å². The first kappa shape index (κ1) is 15.3. The normalized spacial score (nSPS) is 21.9. The molecule has 0 aliphatic carbocycles. The Morgan fingerprint density at radius 2 is 2.35 bits per heavy atom. The van der Waals surface area contributed by atoms with Crippen LogP contribution in [0.15, 0.2) is 21.7 Å². The van der Waals surface area contributed by atoms with Crippen LogP contribution in [0.4, 0.5) is 0 Å². The molecule has 0 spiro atoms. The molecule has 0 aromatic carbocycles. The first-order valence-corrected chi connectivity index (χ1v) is 8.26. The topological polar surface area (TPSA) is 66.8 Å². The van der Waals surface area contributed by atoms with Crippen molar-refractivity contribution in [1.82, 2.24) is 4.90 Å². The lowest BCUT2D eigenvalue weighted by Gasteiger charge is -2.29. The minimum atomic E-state index is -0.898. The summed E-state index contributed by atoms with van der Waals surface area (Å²) in [5.41, 5.74) is 0. The molecule has 2 atom stereocenters. The van der Waals surface area contributed by atoms with Gasteiger partial charge in [-0.05, 0) is 18.4 Å². The predicted molar refractivity (Wildman–Crippen MR) is 78.2 cm³/mol. The van der Waals surface area contributed by atoms with Crippen molar-refractivity contribution in [3.05, 3.63) is 17.5 Å². The molecule has 1 amide bonds. The van der Waals surface area contributed by atoms with Gasteiger partial charge in [0.2, 0.25) is 5.91 Å². The molecule has 110 valence electrons. The molecular weight excluding hydrogens is 298 g/mol. The number of aliphatic carboxylic acids is 1. The zero-order chi connectivity index (χ0) is 14.5. The number of thioether (sulfide) groups is 1.